The number of ether oxygens (including phenoxy) is 1. The van der Waals surface area contributed by atoms with Gasteiger partial charge in [0.05, 0.1) is 5.25 Å². The van der Waals surface area contributed by atoms with Crippen molar-refractivity contribution in [1.29, 1.82) is 0 Å². The van der Waals surface area contributed by atoms with Gasteiger partial charge in [0, 0.05) is 12.6 Å². The highest BCUT2D eigenvalue weighted by atomic mass is 32.2. The third kappa shape index (κ3) is 6.12. The Hall–Kier alpha value is -2.28. The van der Waals surface area contributed by atoms with Crippen LogP contribution in [0.4, 0.5) is 0 Å². The van der Waals surface area contributed by atoms with Crippen molar-refractivity contribution in [2.75, 3.05) is 0 Å². The van der Waals surface area contributed by atoms with Crippen LogP contribution >= 0.6 is 11.8 Å². The zero-order valence-electron chi connectivity index (χ0n) is 19.0. The predicted molar refractivity (Wildman–Crippen MR) is 126 cm³/mol. The summed E-state index contributed by atoms with van der Waals surface area (Å²) in [7, 11) is 0. The number of aromatic nitrogens is 3. The molecule has 0 saturated heterocycles. The van der Waals surface area contributed by atoms with E-state index in [0.29, 0.717) is 23.7 Å². The lowest BCUT2D eigenvalue weighted by Gasteiger charge is -2.18. The first-order chi connectivity index (χ1) is 14.9. The average molecular weight is 443 g/mol. The highest BCUT2D eigenvalue weighted by Gasteiger charge is 2.25. The van der Waals surface area contributed by atoms with Crippen LogP contribution in [-0.4, -0.2) is 32.0 Å². The molecule has 2 unspecified atom stereocenters. The van der Waals surface area contributed by atoms with E-state index in [4.69, 9.17) is 4.74 Å². The molecular formula is C24H34N4O2S. The minimum atomic E-state index is -0.283. The van der Waals surface area contributed by atoms with Gasteiger partial charge in [-0.3, -0.25) is 9.36 Å². The lowest BCUT2D eigenvalue weighted by molar-refractivity contribution is -0.120. The van der Waals surface area contributed by atoms with Crippen LogP contribution in [0.3, 0.4) is 0 Å². The van der Waals surface area contributed by atoms with Crippen LogP contribution in [0.25, 0.3) is 0 Å². The number of nitrogens with one attached hydrogen (secondary N) is 1. The van der Waals surface area contributed by atoms with Gasteiger partial charge in [-0.25, -0.2) is 0 Å². The summed E-state index contributed by atoms with van der Waals surface area (Å²) in [5, 5.41) is 12.4. The van der Waals surface area contributed by atoms with Gasteiger partial charge < -0.3 is 10.1 Å². The molecule has 168 valence electrons. The normalized spacial score (nSPS) is 16.3. The maximum atomic E-state index is 12.6. The van der Waals surface area contributed by atoms with Crippen LogP contribution in [0.5, 0.6) is 5.75 Å². The summed E-state index contributed by atoms with van der Waals surface area (Å²) in [5.74, 6) is 2.05. The number of carbonyl (C=O) groups excluding carboxylic acids is 1. The summed E-state index contributed by atoms with van der Waals surface area (Å²) in [6.07, 6.45) is 6.07. The molecule has 0 spiro atoms. The average Bonchev–Trinajstić information content (AvgIpc) is 3.39. The van der Waals surface area contributed by atoms with E-state index in [1.54, 1.807) is 0 Å². The second-order valence-corrected chi connectivity index (χ2v) is 9.78. The fraction of sp³-hybridized carbons (Fsp3) is 0.542. The van der Waals surface area contributed by atoms with Crippen LogP contribution in [0.1, 0.15) is 76.8 Å². The Morgan fingerprint density at radius 2 is 1.90 bits per heavy atom. The van der Waals surface area contributed by atoms with Gasteiger partial charge in [-0.05, 0) is 50.3 Å². The van der Waals surface area contributed by atoms with Crippen LogP contribution in [-0.2, 0) is 11.3 Å². The van der Waals surface area contributed by atoms with Crippen molar-refractivity contribution in [3.8, 4) is 5.75 Å². The molecule has 0 aliphatic heterocycles. The largest absolute Gasteiger partial charge is 0.483 e. The quantitative estimate of drug-likeness (QED) is 0.401. The van der Waals surface area contributed by atoms with Gasteiger partial charge >= 0.3 is 0 Å². The number of carbonyl (C=O) groups is 1. The molecule has 1 aliphatic carbocycles. The van der Waals surface area contributed by atoms with Gasteiger partial charge in [-0.15, -0.1) is 16.8 Å². The molecule has 1 fully saturated rings. The molecule has 1 N–H and O–H groups in total. The predicted octanol–water partition coefficient (Wildman–Crippen LogP) is 5.27. The number of allylic oxidation sites excluding steroid dienone is 1. The van der Waals surface area contributed by atoms with Crippen molar-refractivity contribution < 1.29 is 9.53 Å². The summed E-state index contributed by atoms with van der Waals surface area (Å²) in [6, 6.07) is 8.48. The molecule has 1 aromatic carbocycles. The third-order valence-electron chi connectivity index (χ3n) is 5.63. The molecule has 1 aromatic heterocycles. The lowest BCUT2D eigenvalue weighted by Crippen LogP contribution is -2.37. The number of amides is 1. The van der Waals surface area contributed by atoms with Crippen molar-refractivity contribution in [3.05, 3.63) is 48.3 Å². The van der Waals surface area contributed by atoms with Crippen molar-refractivity contribution in [3.63, 3.8) is 0 Å². The molecule has 0 bridgehead atoms. The van der Waals surface area contributed by atoms with Gasteiger partial charge in [0.1, 0.15) is 5.75 Å². The molecule has 1 aliphatic rings. The van der Waals surface area contributed by atoms with Gasteiger partial charge in [-0.1, -0.05) is 56.7 Å². The number of rotatable bonds is 10. The second kappa shape index (κ2) is 10.8. The van der Waals surface area contributed by atoms with Crippen molar-refractivity contribution in [1.82, 2.24) is 20.1 Å². The molecule has 0 radical (unpaired) electrons. The topological polar surface area (TPSA) is 69.0 Å². The highest BCUT2D eigenvalue weighted by molar-refractivity contribution is 8.00. The van der Waals surface area contributed by atoms with E-state index < -0.39 is 0 Å². The Labute approximate surface area is 189 Å². The number of thioether (sulfide) groups is 1. The Morgan fingerprint density at radius 1 is 1.23 bits per heavy atom. The molecular weight excluding hydrogens is 408 g/mol. The van der Waals surface area contributed by atoms with Crippen LogP contribution in [0.15, 0.2) is 42.1 Å². The molecule has 1 amide bonds. The summed E-state index contributed by atoms with van der Waals surface area (Å²) in [6.45, 7) is 12.6. The molecule has 2 aromatic rings. The van der Waals surface area contributed by atoms with E-state index >= 15 is 0 Å². The molecule has 6 nitrogen and oxygen atoms in total. The van der Waals surface area contributed by atoms with Crippen molar-refractivity contribution in [2.24, 2.45) is 0 Å². The van der Waals surface area contributed by atoms with E-state index in [1.165, 1.54) is 30.2 Å². The van der Waals surface area contributed by atoms with E-state index in [9.17, 15) is 4.79 Å². The lowest BCUT2D eigenvalue weighted by atomic mass is 10.0. The molecule has 3 rings (SSSR count). The first-order valence-corrected chi connectivity index (χ1v) is 12.0. The van der Waals surface area contributed by atoms with Crippen LogP contribution in [0, 0.1) is 0 Å². The first kappa shape index (κ1) is 23.4. The Bertz CT molecular complexity index is 872. The van der Waals surface area contributed by atoms with E-state index in [1.807, 2.05) is 36.6 Å². The monoisotopic (exact) mass is 442 g/mol. The number of nitrogens with zero attached hydrogens (tertiary/aromatic N) is 3. The second-order valence-electron chi connectivity index (χ2n) is 8.47. The number of hydrogen-bond donors (Lipinski definition) is 1. The first-order valence-electron chi connectivity index (χ1n) is 11.2. The van der Waals surface area contributed by atoms with Gasteiger partial charge in [0.15, 0.2) is 17.1 Å². The van der Waals surface area contributed by atoms with Crippen molar-refractivity contribution in [2.45, 2.75) is 88.4 Å². The smallest absolute Gasteiger partial charge is 0.233 e. The SMILES string of the molecule is C=CCn1c(SC(C)C(=O)NC2CCCC2)nnc1C(C)Oc1ccc(C(C)C)cc1. The zero-order valence-corrected chi connectivity index (χ0v) is 19.8. The third-order valence-corrected chi connectivity index (χ3v) is 6.71. The maximum Gasteiger partial charge on any atom is 0.233 e. The summed E-state index contributed by atoms with van der Waals surface area (Å²) >= 11 is 1.43. The van der Waals surface area contributed by atoms with Crippen LogP contribution in [0.2, 0.25) is 0 Å². The van der Waals surface area contributed by atoms with E-state index in [-0.39, 0.29) is 17.3 Å². The van der Waals surface area contributed by atoms with E-state index in [0.717, 1.165) is 24.4 Å². The fourth-order valence-electron chi connectivity index (χ4n) is 3.78. The summed E-state index contributed by atoms with van der Waals surface area (Å²) in [4.78, 5) is 12.6. The number of hydrogen-bond acceptors (Lipinski definition) is 5. The van der Waals surface area contributed by atoms with Gasteiger partial charge in [-0.2, -0.15) is 0 Å². The van der Waals surface area contributed by atoms with E-state index in [2.05, 4.69) is 48.1 Å². The fourth-order valence-corrected chi connectivity index (χ4v) is 4.65. The summed E-state index contributed by atoms with van der Waals surface area (Å²) in [5.41, 5.74) is 1.28. The minimum Gasteiger partial charge on any atom is -0.483 e. The Kier molecular flexibility index (Phi) is 8.18. The highest BCUT2D eigenvalue weighted by Crippen LogP contribution is 2.28. The van der Waals surface area contributed by atoms with Gasteiger partial charge in [0.2, 0.25) is 5.91 Å². The Morgan fingerprint density at radius 3 is 2.52 bits per heavy atom. The molecule has 7 heteroatoms. The maximum absolute atomic E-state index is 12.6. The standard InChI is InChI=1S/C24H34N4O2S/c1-6-15-28-22(17(4)30-21-13-11-19(12-14-21)16(2)3)26-27-24(28)31-18(5)23(29)25-20-9-7-8-10-20/h6,11-14,16-18,20H,1,7-10,15H2,2-5H3,(H,25,29). The number of benzene rings is 1. The molecule has 31 heavy (non-hydrogen) atoms. The van der Waals surface area contributed by atoms with Crippen LogP contribution < -0.4 is 10.1 Å². The molecule has 1 heterocycles. The van der Waals surface area contributed by atoms with Crippen molar-refractivity contribution >= 4 is 17.7 Å². The summed E-state index contributed by atoms with van der Waals surface area (Å²) < 4.78 is 8.11. The molecule has 2 atom stereocenters. The molecule has 1 saturated carbocycles. The van der Waals surface area contributed by atoms with Gasteiger partial charge in [0.25, 0.3) is 0 Å². The Balaban J connectivity index is 1.68. The zero-order chi connectivity index (χ0) is 22.4. The minimum absolute atomic E-state index is 0.0566.